The van der Waals surface area contributed by atoms with Crippen molar-refractivity contribution in [1.29, 1.82) is 0 Å². The number of rotatable bonds is 9. The third kappa shape index (κ3) is 5.19. The zero-order valence-electron chi connectivity index (χ0n) is 17.9. The van der Waals surface area contributed by atoms with E-state index in [-0.39, 0.29) is 5.91 Å². The van der Waals surface area contributed by atoms with E-state index in [9.17, 15) is 4.79 Å². The lowest BCUT2D eigenvalue weighted by Crippen LogP contribution is -2.14. The van der Waals surface area contributed by atoms with Crippen LogP contribution in [0.1, 0.15) is 17.3 Å². The molecule has 0 bridgehead atoms. The van der Waals surface area contributed by atoms with E-state index in [1.807, 2.05) is 31.2 Å². The molecule has 3 aromatic rings. The van der Waals surface area contributed by atoms with Gasteiger partial charge in [-0.25, -0.2) is 0 Å². The number of nitrogens with one attached hydrogen (secondary N) is 1. The molecular formula is C24H25NO6. The third-order valence-electron chi connectivity index (χ3n) is 4.43. The van der Waals surface area contributed by atoms with Gasteiger partial charge < -0.3 is 29.0 Å². The highest BCUT2D eigenvalue weighted by Crippen LogP contribution is 2.40. The van der Waals surface area contributed by atoms with Crippen molar-refractivity contribution in [3.8, 4) is 34.5 Å². The van der Waals surface area contributed by atoms with Crippen molar-refractivity contribution in [2.24, 2.45) is 0 Å². The Balaban J connectivity index is 1.70. The van der Waals surface area contributed by atoms with E-state index in [0.717, 1.165) is 5.75 Å². The minimum Gasteiger partial charge on any atom is -0.494 e. The van der Waals surface area contributed by atoms with Crippen molar-refractivity contribution in [2.75, 3.05) is 33.3 Å². The van der Waals surface area contributed by atoms with E-state index < -0.39 is 0 Å². The molecule has 162 valence electrons. The molecular weight excluding hydrogens is 398 g/mol. The van der Waals surface area contributed by atoms with Crippen LogP contribution in [0.15, 0.2) is 60.7 Å². The van der Waals surface area contributed by atoms with Crippen LogP contribution in [0, 0.1) is 0 Å². The van der Waals surface area contributed by atoms with Crippen LogP contribution < -0.4 is 29.0 Å². The van der Waals surface area contributed by atoms with Crippen LogP contribution in [0.25, 0.3) is 0 Å². The van der Waals surface area contributed by atoms with Gasteiger partial charge in [-0.2, -0.15) is 0 Å². The van der Waals surface area contributed by atoms with Crippen molar-refractivity contribution < 1.29 is 28.5 Å². The third-order valence-corrected chi connectivity index (χ3v) is 4.43. The van der Waals surface area contributed by atoms with E-state index in [1.165, 1.54) is 21.3 Å². The molecule has 0 aliphatic heterocycles. The summed E-state index contributed by atoms with van der Waals surface area (Å²) in [5.41, 5.74) is 0.941. The van der Waals surface area contributed by atoms with E-state index in [4.69, 9.17) is 23.7 Å². The number of methoxy groups -OCH3 is 3. The molecule has 0 spiro atoms. The lowest BCUT2D eigenvalue weighted by atomic mass is 10.1. The van der Waals surface area contributed by atoms with Gasteiger partial charge in [0.25, 0.3) is 5.91 Å². The summed E-state index contributed by atoms with van der Waals surface area (Å²) >= 11 is 0. The summed E-state index contributed by atoms with van der Waals surface area (Å²) in [6.07, 6.45) is 0. The molecule has 0 aliphatic carbocycles. The fraction of sp³-hybridized carbons (Fsp3) is 0.208. The molecule has 0 aliphatic rings. The summed E-state index contributed by atoms with van der Waals surface area (Å²) in [6.45, 7) is 2.55. The largest absolute Gasteiger partial charge is 0.494 e. The molecule has 0 aromatic heterocycles. The lowest BCUT2D eigenvalue weighted by molar-refractivity contribution is 0.102. The zero-order chi connectivity index (χ0) is 22.2. The van der Waals surface area contributed by atoms with Gasteiger partial charge in [0.15, 0.2) is 11.5 Å². The summed E-state index contributed by atoms with van der Waals surface area (Å²) in [5.74, 6) is 2.93. The summed E-state index contributed by atoms with van der Waals surface area (Å²) in [7, 11) is 4.49. The monoisotopic (exact) mass is 423 g/mol. The molecule has 7 nitrogen and oxygen atoms in total. The second kappa shape index (κ2) is 10.2. The normalized spacial score (nSPS) is 10.2. The molecule has 0 radical (unpaired) electrons. The fourth-order valence-electron chi connectivity index (χ4n) is 2.99. The van der Waals surface area contributed by atoms with Crippen LogP contribution in [0.2, 0.25) is 0 Å². The average molecular weight is 423 g/mol. The molecule has 0 fully saturated rings. The van der Waals surface area contributed by atoms with Crippen LogP contribution in [0.4, 0.5) is 5.69 Å². The first kappa shape index (κ1) is 21.8. The summed E-state index contributed by atoms with van der Waals surface area (Å²) in [5, 5.41) is 2.85. The minimum absolute atomic E-state index is 0.301. The highest BCUT2D eigenvalue weighted by Gasteiger charge is 2.20. The summed E-state index contributed by atoms with van der Waals surface area (Å²) in [6, 6.07) is 17.7. The Hall–Kier alpha value is -3.87. The second-order valence-corrected chi connectivity index (χ2v) is 6.37. The van der Waals surface area contributed by atoms with Gasteiger partial charge in [0.1, 0.15) is 17.2 Å². The van der Waals surface area contributed by atoms with Crippen LogP contribution in [-0.2, 0) is 0 Å². The predicted octanol–water partition coefficient (Wildman–Crippen LogP) is 5.16. The van der Waals surface area contributed by atoms with Crippen molar-refractivity contribution in [2.45, 2.75) is 6.92 Å². The van der Waals surface area contributed by atoms with Gasteiger partial charge in [-0.1, -0.05) is 0 Å². The number of anilines is 1. The molecule has 1 N–H and O–H groups in total. The summed E-state index contributed by atoms with van der Waals surface area (Å²) in [4.78, 5) is 12.8. The van der Waals surface area contributed by atoms with Crippen molar-refractivity contribution in [1.82, 2.24) is 0 Å². The quantitative estimate of drug-likeness (QED) is 0.513. The van der Waals surface area contributed by atoms with Gasteiger partial charge in [0.2, 0.25) is 5.75 Å². The molecule has 31 heavy (non-hydrogen) atoms. The number of hydrogen-bond acceptors (Lipinski definition) is 6. The van der Waals surface area contributed by atoms with E-state index in [2.05, 4.69) is 5.32 Å². The van der Waals surface area contributed by atoms with Gasteiger partial charge in [0, 0.05) is 5.69 Å². The number of hydrogen-bond donors (Lipinski definition) is 1. The number of ether oxygens (including phenoxy) is 5. The van der Waals surface area contributed by atoms with Gasteiger partial charge in [-0.05, 0) is 67.6 Å². The van der Waals surface area contributed by atoms with Crippen molar-refractivity contribution >= 4 is 11.6 Å². The van der Waals surface area contributed by atoms with Gasteiger partial charge in [0.05, 0.1) is 33.5 Å². The maximum Gasteiger partial charge on any atom is 0.259 e. The van der Waals surface area contributed by atoms with E-state index in [0.29, 0.717) is 46.6 Å². The van der Waals surface area contributed by atoms with Crippen LogP contribution in [0.5, 0.6) is 34.5 Å². The van der Waals surface area contributed by atoms with Crippen molar-refractivity contribution in [3.63, 3.8) is 0 Å². The maximum absolute atomic E-state index is 12.8. The predicted molar refractivity (Wildman–Crippen MR) is 118 cm³/mol. The number of carbonyl (C=O) groups is 1. The van der Waals surface area contributed by atoms with Crippen LogP contribution >= 0.6 is 0 Å². The molecule has 3 aromatic carbocycles. The minimum atomic E-state index is -0.335. The molecule has 0 saturated carbocycles. The number of amides is 1. The topological polar surface area (TPSA) is 75.3 Å². The standard InChI is InChI=1S/C24H25NO6/c1-5-30-17-10-12-19(13-11-17)31-18-8-6-16(7-9-18)25-24(26)20-14-15-21(27-2)23(29-4)22(20)28-3/h6-15H,5H2,1-4H3,(H,25,26). The highest BCUT2D eigenvalue weighted by molar-refractivity contribution is 6.07. The van der Waals surface area contributed by atoms with E-state index >= 15 is 0 Å². The van der Waals surface area contributed by atoms with E-state index in [1.54, 1.807) is 36.4 Å². The molecule has 0 saturated heterocycles. The molecule has 3 rings (SSSR count). The molecule has 0 unspecified atom stereocenters. The Morgan fingerprint density at radius 3 is 1.87 bits per heavy atom. The lowest BCUT2D eigenvalue weighted by Gasteiger charge is -2.15. The first-order valence-corrected chi connectivity index (χ1v) is 9.70. The number of benzene rings is 3. The van der Waals surface area contributed by atoms with Gasteiger partial charge in [-0.15, -0.1) is 0 Å². The Bertz CT molecular complexity index is 1020. The molecule has 0 heterocycles. The highest BCUT2D eigenvalue weighted by atomic mass is 16.5. The Morgan fingerprint density at radius 2 is 1.32 bits per heavy atom. The summed E-state index contributed by atoms with van der Waals surface area (Å²) < 4.78 is 27.2. The van der Waals surface area contributed by atoms with Gasteiger partial charge >= 0.3 is 0 Å². The SMILES string of the molecule is CCOc1ccc(Oc2ccc(NC(=O)c3ccc(OC)c(OC)c3OC)cc2)cc1. The second-order valence-electron chi connectivity index (χ2n) is 6.37. The molecule has 7 heteroatoms. The molecule has 1 amide bonds. The van der Waals surface area contributed by atoms with Crippen molar-refractivity contribution in [3.05, 3.63) is 66.2 Å². The fourth-order valence-corrected chi connectivity index (χ4v) is 2.99. The first-order valence-electron chi connectivity index (χ1n) is 9.70. The smallest absolute Gasteiger partial charge is 0.259 e. The molecule has 0 atom stereocenters. The van der Waals surface area contributed by atoms with Crippen LogP contribution in [0.3, 0.4) is 0 Å². The first-order chi connectivity index (χ1) is 15.1. The van der Waals surface area contributed by atoms with Crippen LogP contribution in [-0.4, -0.2) is 33.8 Å². The van der Waals surface area contributed by atoms with Gasteiger partial charge in [-0.3, -0.25) is 4.79 Å². The zero-order valence-corrected chi connectivity index (χ0v) is 17.9. The number of carbonyl (C=O) groups excluding carboxylic acids is 1. The average Bonchev–Trinajstić information content (AvgIpc) is 2.80. The Kier molecular flexibility index (Phi) is 7.22. The Morgan fingerprint density at radius 1 is 0.742 bits per heavy atom. The maximum atomic E-state index is 12.8. The Labute approximate surface area is 181 Å².